The standard InChI is InChI=1S/C18H17Cl2FN6O2/c19-14-15(20)27-16(23-14)13(24-25-18(27)29)9-10-2-3-12(21)11(8-10)17(28)26-6-1-4-22-5-7-26/h2-3,8,22H,1,4-7,9H2,(H,25,29). The van der Waals surface area contributed by atoms with Crippen molar-refractivity contribution >= 4 is 34.8 Å². The van der Waals surface area contributed by atoms with Crippen molar-refractivity contribution in [3.05, 3.63) is 61.6 Å². The molecule has 2 aromatic heterocycles. The van der Waals surface area contributed by atoms with E-state index in [1.54, 1.807) is 11.0 Å². The average Bonchev–Trinajstić information content (AvgIpc) is 2.89. The molecule has 0 bridgehead atoms. The first-order valence-electron chi connectivity index (χ1n) is 9.05. The van der Waals surface area contributed by atoms with Crippen LogP contribution in [0.25, 0.3) is 5.65 Å². The fourth-order valence-electron chi connectivity index (χ4n) is 3.35. The van der Waals surface area contributed by atoms with Crippen molar-refractivity contribution in [3.63, 3.8) is 0 Å². The van der Waals surface area contributed by atoms with Crippen LogP contribution >= 0.6 is 23.2 Å². The van der Waals surface area contributed by atoms with Crippen LogP contribution < -0.4 is 11.0 Å². The predicted octanol–water partition coefficient (Wildman–Crippen LogP) is 1.89. The second-order valence-corrected chi connectivity index (χ2v) is 7.43. The Hall–Kier alpha value is -2.49. The fraction of sp³-hybridized carbons (Fsp3) is 0.333. The Morgan fingerprint density at radius 3 is 2.90 bits per heavy atom. The highest BCUT2D eigenvalue weighted by atomic mass is 35.5. The number of nitrogens with zero attached hydrogens (tertiary/aromatic N) is 4. The lowest BCUT2D eigenvalue weighted by atomic mass is 10.0. The van der Waals surface area contributed by atoms with Crippen LogP contribution in [0.15, 0.2) is 23.0 Å². The van der Waals surface area contributed by atoms with E-state index in [0.717, 1.165) is 17.4 Å². The van der Waals surface area contributed by atoms with E-state index in [0.29, 0.717) is 30.9 Å². The van der Waals surface area contributed by atoms with Crippen LogP contribution in [0.3, 0.4) is 0 Å². The minimum Gasteiger partial charge on any atom is -0.337 e. The zero-order valence-corrected chi connectivity index (χ0v) is 16.7. The minimum atomic E-state index is -0.581. The van der Waals surface area contributed by atoms with Crippen LogP contribution in [0, 0.1) is 5.82 Å². The molecule has 1 aromatic carbocycles. The van der Waals surface area contributed by atoms with Gasteiger partial charge in [0.15, 0.2) is 16.0 Å². The number of rotatable bonds is 3. The lowest BCUT2D eigenvalue weighted by molar-refractivity contribution is 0.0761. The molecule has 8 nitrogen and oxygen atoms in total. The number of halogens is 3. The highest BCUT2D eigenvalue weighted by Gasteiger charge is 2.22. The molecule has 0 atom stereocenters. The van der Waals surface area contributed by atoms with E-state index in [-0.39, 0.29) is 33.8 Å². The third kappa shape index (κ3) is 3.85. The van der Waals surface area contributed by atoms with Gasteiger partial charge in [0.1, 0.15) is 11.5 Å². The first kappa shape index (κ1) is 19.8. The number of carbonyl (C=O) groups excluding carboxylic acids is 1. The van der Waals surface area contributed by atoms with Gasteiger partial charge in [0.2, 0.25) is 0 Å². The summed E-state index contributed by atoms with van der Waals surface area (Å²) in [5.74, 6) is -0.929. The molecule has 0 aliphatic carbocycles. The molecular formula is C18H17Cl2FN6O2. The van der Waals surface area contributed by atoms with Crippen LogP contribution in [0.4, 0.5) is 4.39 Å². The second kappa shape index (κ2) is 8.10. The lowest BCUT2D eigenvalue weighted by Crippen LogP contribution is -2.34. The molecule has 3 heterocycles. The summed E-state index contributed by atoms with van der Waals surface area (Å²) >= 11 is 12.0. The molecule has 4 rings (SSSR count). The van der Waals surface area contributed by atoms with Crippen molar-refractivity contribution in [3.8, 4) is 0 Å². The first-order chi connectivity index (χ1) is 14.0. The number of carbonyl (C=O) groups is 1. The summed E-state index contributed by atoms with van der Waals surface area (Å²) in [6, 6.07) is 4.32. The maximum atomic E-state index is 14.4. The largest absolute Gasteiger partial charge is 0.348 e. The molecular weight excluding hydrogens is 422 g/mol. The van der Waals surface area contributed by atoms with Gasteiger partial charge >= 0.3 is 5.69 Å². The molecule has 3 aromatic rings. The molecule has 0 saturated carbocycles. The van der Waals surface area contributed by atoms with E-state index in [9.17, 15) is 14.0 Å². The Morgan fingerprint density at radius 2 is 2.07 bits per heavy atom. The van der Waals surface area contributed by atoms with Gasteiger partial charge in [-0.15, -0.1) is 0 Å². The van der Waals surface area contributed by atoms with Crippen molar-refractivity contribution < 1.29 is 9.18 Å². The van der Waals surface area contributed by atoms with Gasteiger partial charge in [-0.25, -0.2) is 23.7 Å². The van der Waals surface area contributed by atoms with Crippen LogP contribution in [0.2, 0.25) is 10.3 Å². The molecule has 0 unspecified atom stereocenters. The summed E-state index contributed by atoms with van der Waals surface area (Å²) in [5, 5.41) is 9.54. The fourth-order valence-corrected chi connectivity index (χ4v) is 3.71. The van der Waals surface area contributed by atoms with Gasteiger partial charge < -0.3 is 10.2 Å². The number of hydrogen-bond acceptors (Lipinski definition) is 5. The maximum Gasteiger partial charge on any atom is 0.348 e. The van der Waals surface area contributed by atoms with Crippen LogP contribution in [-0.2, 0) is 6.42 Å². The van der Waals surface area contributed by atoms with E-state index in [1.165, 1.54) is 12.1 Å². The van der Waals surface area contributed by atoms with Gasteiger partial charge in [-0.05, 0) is 30.7 Å². The molecule has 11 heteroatoms. The Morgan fingerprint density at radius 1 is 1.24 bits per heavy atom. The molecule has 29 heavy (non-hydrogen) atoms. The first-order valence-corrected chi connectivity index (χ1v) is 9.80. The normalized spacial score (nSPS) is 14.9. The second-order valence-electron chi connectivity index (χ2n) is 6.71. The van der Waals surface area contributed by atoms with Crippen molar-refractivity contribution in [2.75, 3.05) is 26.2 Å². The van der Waals surface area contributed by atoms with E-state index >= 15 is 0 Å². The number of aromatic amines is 1. The zero-order valence-electron chi connectivity index (χ0n) is 15.2. The number of hydrogen-bond donors (Lipinski definition) is 2. The Bertz CT molecular complexity index is 1140. The molecule has 1 aliphatic rings. The van der Waals surface area contributed by atoms with Crippen molar-refractivity contribution in [1.82, 2.24) is 29.8 Å². The number of aromatic nitrogens is 4. The number of H-pyrrole nitrogens is 1. The van der Waals surface area contributed by atoms with Crippen LogP contribution in [0.5, 0.6) is 0 Å². The number of imidazole rings is 1. The molecule has 152 valence electrons. The van der Waals surface area contributed by atoms with Crippen molar-refractivity contribution in [2.24, 2.45) is 0 Å². The van der Waals surface area contributed by atoms with E-state index in [2.05, 4.69) is 20.5 Å². The molecule has 0 spiro atoms. The summed E-state index contributed by atoms with van der Waals surface area (Å²) < 4.78 is 15.5. The highest BCUT2D eigenvalue weighted by Crippen LogP contribution is 2.23. The number of amides is 1. The summed E-state index contributed by atoms with van der Waals surface area (Å²) in [5.41, 5.74) is 0.670. The van der Waals surface area contributed by atoms with Gasteiger partial charge in [-0.3, -0.25) is 4.79 Å². The van der Waals surface area contributed by atoms with Gasteiger partial charge in [0, 0.05) is 26.1 Å². The predicted molar refractivity (Wildman–Crippen MR) is 106 cm³/mol. The van der Waals surface area contributed by atoms with E-state index < -0.39 is 11.5 Å². The zero-order chi connectivity index (χ0) is 20.5. The van der Waals surface area contributed by atoms with E-state index in [1.807, 2.05) is 0 Å². The topological polar surface area (TPSA) is 95.4 Å². The Balaban J connectivity index is 1.67. The third-order valence-electron chi connectivity index (χ3n) is 4.79. The maximum absolute atomic E-state index is 14.4. The summed E-state index contributed by atoms with van der Waals surface area (Å²) in [6.07, 6.45) is 1.01. The lowest BCUT2D eigenvalue weighted by Gasteiger charge is -2.20. The number of nitrogens with one attached hydrogen (secondary N) is 2. The minimum absolute atomic E-state index is 0.00394. The van der Waals surface area contributed by atoms with Crippen LogP contribution in [0.1, 0.15) is 28.0 Å². The molecule has 0 radical (unpaired) electrons. The summed E-state index contributed by atoms with van der Waals surface area (Å²) in [7, 11) is 0. The van der Waals surface area contributed by atoms with Gasteiger partial charge in [0.05, 0.1) is 5.56 Å². The number of fused-ring (bicyclic) bond motifs is 1. The number of benzene rings is 1. The quantitative estimate of drug-likeness (QED) is 0.650. The Labute approximate surface area is 174 Å². The van der Waals surface area contributed by atoms with Gasteiger partial charge in [0.25, 0.3) is 5.91 Å². The van der Waals surface area contributed by atoms with Crippen molar-refractivity contribution in [2.45, 2.75) is 12.8 Å². The Kier molecular flexibility index (Phi) is 5.53. The smallest absolute Gasteiger partial charge is 0.337 e. The molecule has 1 amide bonds. The van der Waals surface area contributed by atoms with Gasteiger partial charge in [-0.1, -0.05) is 29.3 Å². The average molecular weight is 439 g/mol. The molecule has 1 aliphatic heterocycles. The third-order valence-corrected chi connectivity index (χ3v) is 5.50. The van der Waals surface area contributed by atoms with Gasteiger partial charge in [-0.2, -0.15) is 5.10 Å². The summed E-state index contributed by atoms with van der Waals surface area (Å²) in [6.45, 7) is 2.60. The molecule has 2 N–H and O–H groups in total. The highest BCUT2D eigenvalue weighted by molar-refractivity contribution is 6.40. The molecule has 1 fully saturated rings. The summed E-state index contributed by atoms with van der Waals surface area (Å²) in [4.78, 5) is 30.5. The SMILES string of the molecule is O=C(c1cc(Cc2n[nH]c(=O)n3c(Cl)c(Cl)nc23)ccc1F)N1CCCNCC1. The monoisotopic (exact) mass is 438 g/mol. The van der Waals surface area contributed by atoms with Crippen LogP contribution in [-0.4, -0.2) is 56.6 Å². The molecule has 1 saturated heterocycles. The van der Waals surface area contributed by atoms with E-state index in [4.69, 9.17) is 23.2 Å². The van der Waals surface area contributed by atoms with Crippen molar-refractivity contribution in [1.29, 1.82) is 0 Å².